The molecule has 4 aromatic carbocycles. The van der Waals surface area contributed by atoms with Gasteiger partial charge in [0.05, 0.1) is 67.2 Å². The molecule has 0 amide bonds. The van der Waals surface area contributed by atoms with Gasteiger partial charge in [-0.05, 0) is 59.2 Å². The summed E-state index contributed by atoms with van der Waals surface area (Å²) in [7, 11) is 13.7. The van der Waals surface area contributed by atoms with Crippen LogP contribution in [0.1, 0.15) is 51.7 Å². The molecule has 0 aliphatic carbocycles. The Morgan fingerprint density at radius 2 is 1.22 bits per heavy atom. The second-order valence-electron chi connectivity index (χ2n) is 17.3. The molecule has 0 spiro atoms. The van der Waals surface area contributed by atoms with Gasteiger partial charge in [-0.3, -0.25) is 0 Å². The van der Waals surface area contributed by atoms with Gasteiger partial charge in [0.2, 0.25) is 5.69 Å². The number of allylic oxidation sites excluding steroid dienone is 6. The van der Waals surface area contributed by atoms with Gasteiger partial charge >= 0.3 is 0 Å². The van der Waals surface area contributed by atoms with Crippen LogP contribution in [0.4, 0.5) is 11.4 Å². The fourth-order valence-corrected chi connectivity index (χ4v) is 8.32. The summed E-state index contributed by atoms with van der Waals surface area (Å²) in [4.78, 5) is 2.59. The molecule has 256 valence electrons. The van der Waals surface area contributed by atoms with Crippen molar-refractivity contribution in [3.05, 3.63) is 120 Å². The van der Waals surface area contributed by atoms with Crippen LogP contribution in [0, 0.1) is 0 Å². The van der Waals surface area contributed by atoms with Crippen molar-refractivity contribution >= 4 is 38.6 Å². The monoisotopic (exact) mass is 655 g/mol. The van der Waals surface area contributed by atoms with E-state index >= 15 is 0 Å². The van der Waals surface area contributed by atoms with Crippen LogP contribution in [-0.2, 0) is 10.8 Å². The number of nitrogens with zero attached hydrogens (tertiary/aromatic N) is 4. The summed E-state index contributed by atoms with van der Waals surface area (Å²) in [5.41, 5.74) is 8.16. The highest BCUT2D eigenvalue weighted by molar-refractivity contribution is 6.07. The summed E-state index contributed by atoms with van der Waals surface area (Å²) in [6, 6.07) is 27.1. The zero-order valence-corrected chi connectivity index (χ0v) is 31.8. The van der Waals surface area contributed by atoms with Crippen molar-refractivity contribution in [3.63, 3.8) is 0 Å². The molecule has 0 atom stereocenters. The Morgan fingerprint density at radius 1 is 0.633 bits per heavy atom. The molecule has 49 heavy (non-hydrogen) atoms. The quantitative estimate of drug-likeness (QED) is 0.0887. The zero-order valence-electron chi connectivity index (χ0n) is 31.8. The molecule has 4 nitrogen and oxygen atoms in total. The van der Waals surface area contributed by atoms with E-state index in [1.54, 1.807) is 0 Å². The molecule has 6 rings (SSSR count). The SMILES string of the molecule is CC1(C)C(=CC=CC=CC2=[N+](CCC[N+](C)(C)C)c3ccc4ccccc4c3C2(C)C)N(CCC[N+](C)(C)C)c2ccc3ccccc3c21. The summed E-state index contributed by atoms with van der Waals surface area (Å²) >= 11 is 0. The van der Waals surface area contributed by atoms with Crippen LogP contribution >= 0.6 is 0 Å². The first kappa shape index (κ1) is 34.9. The fourth-order valence-electron chi connectivity index (χ4n) is 8.32. The van der Waals surface area contributed by atoms with Crippen LogP contribution in [0.25, 0.3) is 21.5 Å². The first-order valence-electron chi connectivity index (χ1n) is 18.2. The lowest BCUT2D eigenvalue weighted by Gasteiger charge is -2.29. The Bertz CT molecular complexity index is 1990. The van der Waals surface area contributed by atoms with Crippen molar-refractivity contribution in [1.82, 2.24) is 0 Å². The largest absolute Gasteiger partial charge is 0.344 e. The first-order valence-corrected chi connectivity index (χ1v) is 18.2. The average molecular weight is 656 g/mol. The molecule has 4 aromatic rings. The second-order valence-corrected chi connectivity index (χ2v) is 17.3. The van der Waals surface area contributed by atoms with Crippen LogP contribution in [0.3, 0.4) is 0 Å². The molecule has 4 heteroatoms. The van der Waals surface area contributed by atoms with Crippen LogP contribution in [0.15, 0.2) is 109 Å². The summed E-state index contributed by atoms with van der Waals surface area (Å²) in [5, 5.41) is 5.37. The first-order chi connectivity index (χ1) is 23.1. The van der Waals surface area contributed by atoms with Crippen molar-refractivity contribution in [3.8, 4) is 0 Å². The fraction of sp³-hybridized carbons (Fsp3) is 0.400. The molecular weight excluding hydrogens is 597 g/mol. The van der Waals surface area contributed by atoms with Crippen molar-refractivity contribution in [2.45, 2.75) is 51.4 Å². The van der Waals surface area contributed by atoms with E-state index in [0.717, 1.165) is 48.0 Å². The van der Waals surface area contributed by atoms with Gasteiger partial charge in [-0.1, -0.05) is 86.7 Å². The molecule has 0 unspecified atom stereocenters. The molecule has 2 aliphatic rings. The van der Waals surface area contributed by atoms with Gasteiger partial charge in [0.15, 0.2) is 12.3 Å². The predicted octanol–water partition coefficient (Wildman–Crippen LogP) is 9.36. The normalized spacial score (nSPS) is 18.2. The van der Waals surface area contributed by atoms with Crippen LogP contribution < -0.4 is 4.90 Å². The number of rotatable bonds is 11. The van der Waals surface area contributed by atoms with Gasteiger partial charge in [-0.2, -0.15) is 4.58 Å². The summed E-state index contributed by atoms with van der Waals surface area (Å²) in [6.45, 7) is 13.9. The van der Waals surface area contributed by atoms with E-state index in [-0.39, 0.29) is 10.8 Å². The molecule has 2 heterocycles. The van der Waals surface area contributed by atoms with Gasteiger partial charge in [-0.15, -0.1) is 0 Å². The molecule has 0 aromatic heterocycles. The smallest absolute Gasteiger partial charge is 0.210 e. The minimum absolute atomic E-state index is 0.103. The standard InChI is InChI=1S/C45H59N4/c1-44(2)40(46(30-18-32-48(5,6)7)38-28-26-34-20-14-16-22-36(34)42(38)44)24-12-11-13-25-41-45(3,4)43-37-23-17-15-21-35(37)27-29-39(43)47(41)31-19-33-49(8,9)10/h11-17,20-29H,18-19,30-33H2,1-10H3/q+3. The number of benzene rings is 4. The lowest BCUT2D eigenvalue weighted by atomic mass is 9.79. The van der Waals surface area contributed by atoms with Crippen LogP contribution in [0.2, 0.25) is 0 Å². The number of hydrogen-bond acceptors (Lipinski definition) is 1. The topological polar surface area (TPSA) is 6.25 Å². The maximum absolute atomic E-state index is 2.59. The van der Waals surface area contributed by atoms with Gasteiger partial charge in [0, 0.05) is 47.5 Å². The van der Waals surface area contributed by atoms with E-state index in [1.807, 2.05) is 0 Å². The second kappa shape index (κ2) is 13.0. The van der Waals surface area contributed by atoms with Crippen molar-refractivity contribution in [2.75, 3.05) is 73.4 Å². The molecule has 2 aliphatic heterocycles. The van der Waals surface area contributed by atoms with E-state index in [4.69, 9.17) is 0 Å². The highest BCUT2D eigenvalue weighted by Crippen LogP contribution is 2.51. The lowest BCUT2D eigenvalue weighted by Crippen LogP contribution is -2.37. The molecule has 0 saturated heterocycles. The van der Waals surface area contributed by atoms with Gasteiger partial charge in [0.25, 0.3) is 0 Å². The van der Waals surface area contributed by atoms with E-state index in [2.05, 4.69) is 183 Å². The summed E-state index contributed by atoms with van der Waals surface area (Å²) in [5.74, 6) is 0. The Labute approximate surface area is 296 Å². The summed E-state index contributed by atoms with van der Waals surface area (Å²) < 4.78 is 4.55. The number of quaternary nitrogens is 2. The van der Waals surface area contributed by atoms with Crippen molar-refractivity contribution < 1.29 is 13.5 Å². The van der Waals surface area contributed by atoms with E-state index in [9.17, 15) is 0 Å². The average Bonchev–Trinajstić information content (AvgIpc) is 3.38. The third-order valence-electron chi connectivity index (χ3n) is 10.7. The molecule has 0 saturated carbocycles. The number of anilines is 1. The van der Waals surface area contributed by atoms with Gasteiger partial charge in [0.1, 0.15) is 0 Å². The van der Waals surface area contributed by atoms with Crippen LogP contribution in [0.5, 0.6) is 0 Å². The molecule has 0 N–H and O–H groups in total. The highest BCUT2D eigenvalue weighted by Gasteiger charge is 2.45. The van der Waals surface area contributed by atoms with E-state index < -0.39 is 0 Å². The third kappa shape index (κ3) is 6.91. The molecular formula is C45H59N4+3. The van der Waals surface area contributed by atoms with Gasteiger partial charge in [-0.25, -0.2) is 0 Å². The van der Waals surface area contributed by atoms with Crippen LogP contribution in [-0.4, -0.2) is 87.7 Å². The lowest BCUT2D eigenvalue weighted by molar-refractivity contribution is -0.871. The zero-order chi connectivity index (χ0) is 35.2. The molecule has 0 fully saturated rings. The number of fused-ring (bicyclic) bond motifs is 6. The minimum Gasteiger partial charge on any atom is -0.344 e. The van der Waals surface area contributed by atoms with Gasteiger partial charge < -0.3 is 13.9 Å². The maximum atomic E-state index is 2.59. The third-order valence-corrected chi connectivity index (χ3v) is 10.7. The Morgan fingerprint density at radius 3 is 1.88 bits per heavy atom. The van der Waals surface area contributed by atoms with E-state index in [1.165, 1.54) is 55.5 Å². The molecule has 0 bridgehead atoms. The van der Waals surface area contributed by atoms with Crippen molar-refractivity contribution in [1.29, 1.82) is 0 Å². The Kier molecular flexibility index (Phi) is 9.28. The van der Waals surface area contributed by atoms with E-state index in [0.29, 0.717) is 0 Å². The predicted molar refractivity (Wildman–Crippen MR) is 212 cm³/mol. The number of hydrogen-bond donors (Lipinski definition) is 0. The maximum Gasteiger partial charge on any atom is 0.210 e. The summed E-state index contributed by atoms with van der Waals surface area (Å²) in [6.07, 6.45) is 13.8. The van der Waals surface area contributed by atoms with Crippen molar-refractivity contribution in [2.24, 2.45) is 0 Å². The Balaban J connectivity index is 1.34. The Hall–Kier alpha value is -3.99. The highest BCUT2D eigenvalue weighted by atomic mass is 15.3. The minimum atomic E-state index is -0.103. The molecule has 0 radical (unpaired) electrons.